The Bertz CT molecular complexity index is 1030. The Morgan fingerprint density at radius 1 is 0.862 bits per heavy atom. The Kier molecular flexibility index (Phi) is 5.78. The average Bonchev–Trinajstić information content (AvgIpc) is 2.68. The number of carbonyl (C=O) groups is 2. The molecular formula is C24H25N3O2. The van der Waals surface area contributed by atoms with Crippen LogP contribution in [0.15, 0.2) is 66.9 Å². The quantitative estimate of drug-likeness (QED) is 0.561. The van der Waals surface area contributed by atoms with Gasteiger partial charge in [-0.2, -0.15) is 0 Å². The van der Waals surface area contributed by atoms with Gasteiger partial charge in [0.25, 0.3) is 5.91 Å². The Morgan fingerprint density at radius 2 is 1.59 bits per heavy atom. The van der Waals surface area contributed by atoms with Crippen molar-refractivity contribution in [2.45, 2.75) is 33.1 Å². The van der Waals surface area contributed by atoms with Crippen molar-refractivity contribution < 1.29 is 9.59 Å². The third-order valence-corrected chi connectivity index (χ3v) is 4.57. The van der Waals surface area contributed by atoms with Gasteiger partial charge in [-0.25, -0.2) is 4.98 Å². The summed E-state index contributed by atoms with van der Waals surface area (Å²) in [5.41, 5.74) is 3.84. The van der Waals surface area contributed by atoms with E-state index in [1.54, 1.807) is 42.6 Å². The topological polar surface area (TPSA) is 71.1 Å². The molecule has 1 aromatic heterocycles. The number of amides is 1. The number of ketones is 1. The van der Waals surface area contributed by atoms with Gasteiger partial charge < -0.3 is 10.6 Å². The highest BCUT2D eigenvalue weighted by molar-refractivity contribution is 6.05. The van der Waals surface area contributed by atoms with Crippen LogP contribution in [0.2, 0.25) is 0 Å². The van der Waals surface area contributed by atoms with Crippen molar-refractivity contribution in [1.29, 1.82) is 0 Å². The van der Waals surface area contributed by atoms with Crippen LogP contribution in [0.3, 0.4) is 0 Å². The van der Waals surface area contributed by atoms with Gasteiger partial charge in [-0.15, -0.1) is 0 Å². The summed E-state index contributed by atoms with van der Waals surface area (Å²) in [7, 11) is 0. The van der Waals surface area contributed by atoms with E-state index in [0.717, 1.165) is 5.69 Å². The van der Waals surface area contributed by atoms with E-state index in [2.05, 4.69) is 48.5 Å². The molecule has 0 radical (unpaired) electrons. The van der Waals surface area contributed by atoms with Crippen LogP contribution in [0.5, 0.6) is 0 Å². The molecule has 0 aliphatic heterocycles. The SMILES string of the molecule is CC(=O)c1cccc(NC(=O)c2ccnc(Nc3ccc(C(C)(C)C)cc3)c2)c1. The molecule has 1 amide bonds. The molecule has 2 aromatic carbocycles. The van der Waals surface area contributed by atoms with E-state index in [-0.39, 0.29) is 17.1 Å². The van der Waals surface area contributed by atoms with Crippen LogP contribution in [0.4, 0.5) is 17.2 Å². The number of pyridine rings is 1. The lowest BCUT2D eigenvalue weighted by Crippen LogP contribution is -2.13. The molecule has 29 heavy (non-hydrogen) atoms. The van der Waals surface area contributed by atoms with Crippen LogP contribution in [0.25, 0.3) is 0 Å². The highest BCUT2D eigenvalue weighted by Gasteiger charge is 2.13. The zero-order valence-electron chi connectivity index (χ0n) is 17.1. The molecule has 0 unspecified atom stereocenters. The first kappa shape index (κ1) is 20.3. The van der Waals surface area contributed by atoms with Gasteiger partial charge in [0.2, 0.25) is 0 Å². The van der Waals surface area contributed by atoms with Crippen LogP contribution in [0.1, 0.15) is 54.0 Å². The molecule has 0 saturated heterocycles. The predicted molar refractivity (Wildman–Crippen MR) is 117 cm³/mol. The number of aromatic nitrogens is 1. The molecule has 0 bridgehead atoms. The summed E-state index contributed by atoms with van der Waals surface area (Å²) in [4.78, 5) is 28.4. The molecule has 2 N–H and O–H groups in total. The lowest BCUT2D eigenvalue weighted by molar-refractivity contribution is 0.101. The molecule has 5 heteroatoms. The maximum atomic E-state index is 12.6. The molecule has 0 atom stereocenters. The lowest BCUT2D eigenvalue weighted by atomic mass is 9.87. The Labute approximate surface area is 171 Å². The third-order valence-electron chi connectivity index (χ3n) is 4.57. The Balaban J connectivity index is 1.73. The average molecular weight is 387 g/mol. The van der Waals surface area contributed by atoms with E-state index in [1.165, 1.54) is 12.5 Å². The number of hydrogen-bond acceptors (Lipinski definition) is 4. The maximum absolute atomic E-state index is 12.6. The molecule has 5 nitrogen and oxygen atoms in total. The smallest absolute Gasteiger partial charge is 0.255 e. The minimum Gasteiger partial charge on any atom is -0.340 e. The number of rotatable bonds is 5. The summed E-state index contributed by atoms with van der Waals surface area (Å²) in [6, 6.07) is 18.4. The molecule has 0 saturated carbocycles. The second-order valence-corrected chi connectivity index (χ2v) is 7.97. The van der Waals surface area contributed by atoms with Gasteiger partial charge in [-0.1, -0.05) is 45.0 Å². The van der Waals surface area contributed by atoms with E-state index in [9.17, 15) is 9.59 Å². The van der Waals surface area contributed by atoms with Gasteiger partial charge in [0.15, 0.2) is 5.78 Å². The largest absolute Gasteiger partial charge is 0.340 e. The monoisotopic (exact) mass is 387 g/mol. The lowest BCUT2D eigenvalue weighted by Gasteiger charge is -2.19. The van der Waals surface area contributed by atoms with Gasteiger partial charge in [0.1, 0.15) is 5.82 Å². The van der Waals surface area contributed by atoms with Crippen molar-refractivity contribution in [3.05, 3.63) is 83.6 Å². The highest BCUT2D eigenvalue weighted by atomic mass is 16.1. The molecule has 3 aromatic rings. The molecule has 1 heterocycles. The van der Waals surface area contributed by atoms with E-state index >= 15 is 0 Å². The summed E-state index contributed by atoms with van der Waals surface area (Å²) >= 11 is 0. The molecule has 0 fully saturated rings. The summed E-state index contributed by atoms with van der Waals surface area (Å²) in [6.07, 6.45) is 1.59. The Hall–Kier alpha value is -3.47. The van der Waals surface area contributed by atoms with Crippen LogP contribution in [0, 0.1) is 0 Å². The van der Waals surface area contributed by atoms with Gasteiger partial charge in [-0.3, -0.25) is 9.59 Å². The van der Waals surface area contributed by atoms with Crippen molar-refractivity contribution >= 4 is 28.9 Å². The van der Waals surface area contributed by atoms with Crippen molar-refractivity contribution in [2.24, 2.45) is 0 Å². The number of hydrogen-bond donors (Lipinski definition) is 2. The Morgan fingerprint density at radius 3 is 2.24 bits per heavy atom. The van der Waals surface area contributed by atoms with Crippen LogP contribution < -0.4 is 10.6 Å². The zero-order valence-corrected chi connectivity index (χ0v) is 17.1. The molecule has 3 rings (SSSR count). The fourth-order valence-corrected chi connectivity index (χ4v) is 2.86. The fourth-order valence-electron chi connectivity index (χ4n) is 2.86. The third kappa shape index (κ3) is 5.29. The van der Waals surface area contributed by atoms with E-state index in [1.807, 2.05) is 12.1 Å². The molecule has 0 aliphatic rings. The van der Waals surface area contributed by atoms with E-state index in [4.69, 9.17) is 0 Å². The van der Waals surface area contributed by atoms with E-state index < -0.39 is 0 Å². The normalized spacial score (nSPS) is 11.0. The molecule has 148 valence electrons. The second-order valence-electron chi connectivity index (χ2n) is 7.97. The standard InChI is InChI=1S/C24H25N3O2/c1-16(28)17-6-5-7-21(14-17)27-23(29)18-12-13-25-22(15-18)26-20-10-8-19(9-11-20)24(2,3)4/h5-15H,1-4H3,(H,25,26)(H,27,29). The van der Waals surface area contributed by atoms with Crippen molar-refractivity contribution in [1.82, 2.24) is 4.98 Å². The zero-order chi connectivity index (χ0) is 21.0. The van der Waals surface area contributed by atoms with Crippen LogP contribution >= 0.6 is 0 Å². The first-order chi connectivity index (χ1) is 13.7. The van der Waals surface area contributed by atoms with Crippen molar-refractivity contribution in [3.63, 3.8) is 0 Å². The van der Waals surface area contributed by atoms with E-state index in [0.29, 0.717) is 22.6 Å². The second kappa shape index (κ2) is 8.27. The number of carbonyl (C=O) groups excluding carboxylic acids is 2. The van der Waals surface area contributed by atoms with Gasteiger partial charge in [0.05, 0.1) is 0 Å². The van der Waals surface area contributed by atoms with Crippen molar-refractivity contribution in [2.75, 3.05) is 10.6 Å². The minimum absolute atomic E-state index is 0.0472. The number of nitrogens with zero attached hydrogens (tertiary/aromatic N) is 1. The number of Topliss-reactive ketones (excluding diaryl/α,β-unsaturated/α-hetero) is 1. The van der Waals surface area contributed by atoms with Crippen LogP contribution in [-0.2, 0) is 5.41 Å². The van der Waals surface area contributed by atoms with Gasteiger partial charge >= 0.3 is 0 Å². The summed E-state index contributed by atoms with van der Waals surface area (Å²) in [6.45, 7) is 8.01. The minimum atomic E-state index is -0.265. The summed E-state index contributed by atoms with van der Waals surface area (Å²) in [5.74, 6) is 0.270. The molecular weight excluding hydrogens is 362 g/mol. The first-order valence-corrected chi connectivity index (χ1v) is 9.48. The molecule has 0 spiro atoms. The van der Waals surface area contributed by atoms with Crippen molar-refractivity contribution in [3.8, 4) is 0 Å². The van der Waals surface area contributed by atoms with Gasteiger partial charge in [-0.05, 0) is 54.3 Å². The number of anilines is 3. The number of nitrogens with one attached hydrogen (secondary N) is 2. The van der Waals surface area contributed by atoms with Gasteiger partial charge in [0, 0.05) is 28.7 Å². The predicted octanol–water partition coefficient (Wildman–Crippen LogP) is 5.58. The maximum Gasteiger partial charge on any atom is 0.255 e. The summed E-state index contributed by atoms with van der Waals surface area (Å²) in [5, 5.41) is 6.05. The summed E-state index contributed by atoms with van der Waals surface area (Å²) < 4.78 is 0. The number of benzene rings is 2. The highest BCUT2D eigenvalue weighted by Crippen LogP contribution is 2.24. The first-order valence-electron chi connectivity index (χ1n) is 9.48. The molecule has 0 aliphatic carbocycles. The van der Waals surface area contributed by atoms with Crippen LogP contribution in [-0.4, -0.2) is 16.7 Å². The fraction of sp³-hybridized carbons (Fsp3) is 0.208.